The van der Waals surface area contributed by atoms with Gasteiger partial charge in [0.25, 0.3) is 5.82 Å². The molecule has 37 heavy (non-hydrogen) atoms. The Kier molecular flexibility index (Phi) is 5.55. The molecule has 0 fully saturated rings. The van der Waals surface area contributed by atoms with E-state index >= 15 is 0 Å². The molecule has 0 N–H and O–H groups in total. The molecule has 0 atom stereocenters. The number of hydrogen-bond acceptors (Lipinski definition) is 2. The van der Waals surface area contributed by atoms with Gasteiger partial charge in [-0.25, -0.2) is 9.07 Å². The summed E-state index contributed by atoms with van der Waals surface area (Å²) in [5.41, 5.74) is 4.57. The van der Waals surface area contributed by atoms with E-state index in [9.17, 15) is 4.39 Å². The molecule has 6 aromatic rings. The van der Waals surface area contributed by atoms with E-state index in [0.717, 1.165) is 22.2 Å². The largest absolute Gasteiger partial charge is 0.361 e. The van der Waals surface area contributed by atoms with E-state index < -0.39 is 5.54 Å². The summed E-state index contributed by atoms with van der Waals surface area (Å²) < 4.78 is 16.3. The first-order valence-electron chi connectivity index (χ1n) is 11.9. The van der Waals surface area contributed by atoms with Crippen molar-refractivity contribution >= 4 is 16.9 Å². The van der Waals surface area contributed by atoms with Crippen molar-refractivity contribution in [3.8, 4) is 11.3 Å². The predicted molar refractivity (Wildman–Crippen MR) is 144 cm³/mol. The third-order valence-electron chi connectivity index (χ3n) is 6.62. The van der Waals surface area contributed by atoms with Crippen LogP contribution < -0.4 is 0 Å². The lowest BCUT2D eigenvalue weighted by Gasteiger charge is -2.36. The highest BCUT2D eigenvalue weighted by Gasteiger charge is 2.41. The van der Waals surface area contributed by atoms with E-state index in [-0.39, 0.29) is 11.6 Å². The summed E-state index contributed by atoms with van der Waals surface area (Å²) >= 11 is 0. The smallest absolute Gasteiger partial charge is 0.270 e. The molecule has 0 radical (unpaired) electrons. The summed E-state index contributed by atoms with van der Waals surface area (Å²) in [6, 6.07) is 40.6. The monoisotopic (exact) mass is 480 g/mol. The van der Waals surface area contributed by atoms with Gasteiger partial charge in [-0.3, -0.25) is 0 Å². The van der Waals surface area contributed by atoms with Crippen molar-refractivity contribution in [1.29, 1.82) is 0 Å². The molecule has 0 aliphatic heterocycles. The van der Waals surface area contributed by atoms with Gasteiger partial charge in [0.2, 0.25) is 5.52 Å². The number of nitrogens with zero attached hydrogens (tertiary/aromatic N) is 4. The van der Waals surface area contributed by atoms with Crippen LogP contribution in [0, 0.1) is 12.4 Å². The second-order valence-corrected chi connectivity index (χ2v) is 8.73. The zero-order chi connectivity index (χ0) is 25.2. The molecule has 4 nitrogen and oxygen atoms in total. The first-order chi connectivity index (χ1) is 18.2. The van der Waals surface area contributed by atoms with Gasteiger partial charge in [0.15, 0.2) is 0 Å². The predicted octanol–water partition coefficient (Wildman–Crippen LogP) is 7.63. The van der Waals surface area contributed by atoms with Crippen LogP contribution in [0.15, 0.2) is 127 Å². The Balaban J connectivity index is 1.80. The molecule has 2 heterocycles. The van der Waals surface area contributed by atoms with Crippen LogP contribution in [0.5, 0.6) is 0 Å². The third-order valence-corrected chi connectivity index (χ3v) is 6.62. The normalized spacial score (nSPS) is 11.4. The van der Waals surface area contributed by atoms with E-state index in [4.69, 9.17) is 11.7 Å². The number of aromatic nitrogens is 3. The second-order valence-electron chi connectivity index (χ2n) is 8.73. The molecule has 0 aliphatic rings. The van der Waals surface area contributed by atoms with Crippen molar-refractivity contribution in [3.63, 3.8) is 0 Å². The average Bonchev–Trinajstić information content (AvgIpc) is 3.34. The van der Waals surface area contributed by atoms with Crippen LogP contribution in [-0.2, 0) is 5.54 Å². The van der Waals surface area contributed by atoms with E-state index in [0.29, 0.717) is 16.8 Å². The van der Waals surface area contributed by atoms with Crippen LogP contribution >= 0.6 is 0 Å². The molecule has 0 saturated heterocycles. The minimum atomic E-state index is -0.866. The Hall–Kier alpha value is -5.08. The molecule has 4 aromatic carbocycles. The van der Waals surface area contributed by atoms with Gasteiger partial charge in [0, 0.05) is 5.56 Å². The summed E-state index contributed by atoms with van der Waals surface area (Å²) in [6.07, 6.45) is 0. The third kappa shape index (κ3) is 3.67. The number of halogens is 1. The fourth-order valence-corrected chi connectivity index (χ4v) is 5.04. The first-order valence-corrected chi connectivity index (χ1v) is 11.9. The Labute approximate surface area is 214 Å². The Bertz CT molecular complexity index is 1640. The molecule has 0 aliphatic carbocycles. The SMILES string of the molecule is [C-]#[N+]c1ccc2c(n1)c(-c1cccc(F)c1)nn2C(c1ccccc1)(c1ccccc1)c1ccccc1. The van der Waals surface area contributed by atoms with Gasteiger partial charge in [-0.15, -0.1) is 4.98 Å². The van der Waals surface area contributed by atoms with Crippen LogP contribution in [0.25, 0.3) is 27.1 Å². The van der Waals surface area contributed by atoms with Crippen LogP contribution in [0.4, 0.5) is 10.2 Å². The van der Waals surface area contributed by atoms with Gasteiger partial charge in [-0.05, 0) is 41.0 Å². The highest BCUT2D eigenvalue weighted by Crippen LogP contribution is 2.43. The maximum atomic E-state index is 14.3. The molecule has 0 spiro atoms. The number of hydrogen-bond donors (Lipinski definition) is 0. The fraction of sp³-hybridized carbons (Fsp3) is 0.0312. The molecule has 176 valence electrons. The lowest BCUT2D eigenvalue weighted by Crippen LogP contribution is -2.38. The van der Waals surface area contributed by atoms with Gasteiger partial charge >= 0.3 is 0 Å². The Morgan fingerprint density at radius 2 is 1.24 bits per heavy atom. The molecule has 5 heteroatoms. The maximum Gasteiger partial charge on any atom is 0.270 e. The average molecular weight is 481 g/mol. The highest BCUT2D eigenvalue weighted by atomic mass is 19.1. The van der Waals surface area contributed by atoms with Crippen LogP contribution in [0.1, 0.15) is 16.7 Å². The van der Waals surface area contributed by atoms with Crippen molar-refractivity contribution in [2.75, 3.05) is 0 Å². The van der Waals surface area contributed by atoms with Gasteiger partial charge in [-0.1, -0.05) is 110 Å². The summed E-state index contributed by atoms with van der Waals surface area (Å²) in [6.45, 7) is 7.54. The van der Waals surface area contributed by atoms with E-state index in [1.165, 1.54) is 12.1 Å². The molecule has 2 aromatic heterocycles. The zero-order valence-electron chi connectivity index (χ0n) is 19.8. The molecular formula is C32H21FN4. The van der Waals surface area contributed by atoms with Crippen molar-refractivity contribution in [1.82, 2.24) is 14.8 Å². The lowest BCUT2D eigenvalue weighted by atomic mass is 9.77. The lowest BCUT2D eigenvalue weighted by molar-refractivity contribution is 0.477. The number of fused-ring (bicyclic) bond motifs is 1. The Morgan fingerprint density at radius 3 is 1.76 bits per heavy atom. The number of pyridine rings is 1. The quantitative estimate of drug-likeness (QED) is 0.188. The maximum absolute atomic E-state index is 14.3. The number of benzene rings is 4. The zero-order valence-corrected chi connectivity index (χ0v) is 19.8. The molecule has 0 bridgehead atoms. The van der Waals surface area contributed by atoms with E-state index in [1.54, 1.807) is 12.1 Å². The molecule has 0 amide bonds. The standard InChI is InChI=1S/C32H21FN4/c1-34-29-21-20-28-31(35-29)30(23-12-11-19-27(33)22-23)36-37(28)32(24-13-5-2-6-14-24,25-15-7-3-8-16-25)26-17-9-4-10-18-26/h2-22H. The second kappa shape index (κ2) is 9.18. The highest BCUT2D eigenvalue weighted by molar-refractivity contribution is 5.92. The van der Waals surface area contributed by atoms with Gasteiger partial charge < -0.3 is 4.85 Å². The van der Waals surface area contributed by atoms with Crippen LogP contribution in [-0.4, -0.2) is 14.8 Å². The first kappa shape index (κ1) is 22.4. The van der Waals surface area contributed by atoms with Crippen molar-refractivity contribution in [2.24, 2.45) is 0 Å². The van der Waals surface area contributed by atoms with Crippen LogP contribution in [0.2, 0.25) is 0 Å². The van der Waals surface area contributed by atoms with Crippen LogP contribution in [0.3, 0.4) is 0 Å². The molecule has 6 rings (SSSR count). The minimum absolute atomic E-state index is 0.259. The topological polar surface area (TPSA) is 35.1 Å². The van der Waals surface area contributed by atoms with Crippen molar-refractivity contribution in [2.45, 2.75) is 5.54 Å². The van der Waals surface area contributed by atoms with Crippen molar-refractivity contribution < 1.29 is 4.39 Å². The summed E-state index contributed by atoms with van der Waals surface area (Å²) in [7, 11) is 0. The van der Waals surface area contributed by atoms with E-state index in [2.05, 4.69) is 46.2 Å². The van der Waals surface area contributed by atoms with Crippen molar-refractivity contribution in [3.05, 3.63) is 161 Å². The van der Waals surface area contributed by atoms with Gasteiger partial charge in [0.05, 0.1) is 0 Å². The fourth-order valence-electron chi connectivity index (χ4n) is 5.04. The Morgan fingerprint density at radius 1 is 0.676 bits per heavy atom. The molecular weight excluding hydrogens is 459 g/mol. The minimum Gasteiger partial charge on any atom is -0.361 e. The van der Waals surface area contributed by atoms with Gasteiger partial charge in [-0.2, -0.15) is 5.10 Å². The number of rotatable bonds is 5. The molecule has 0 unspecified atom stereocenters. The van der Waals surface area contributed by atoms with E-state index in [1.807, 2.05) is 71.4 Å². The summed E-state index contributed by atoms with van der Waals surface area (Å²) in [5.74, 6) is -0.101. The molecule has 0 saturated carbocycles. The summed E-state index contributed by atoms with van der Waals surface area (Å²) in [5, 5.41) is 5.16. The van der Waals surface area contributed by atoms with Gasteiger partial charge in [0.1, 0.15) is 22.6 Å². The summed E-state index contributed by atoms with van der Waals surface area (Å²) in [4.78, 5) is 8.20.